The Kier molecular flexibility index (Phi) is 5.53. The van der Waals surface area contributed by atoms with Gasteiger partial charge in [0.15, 0.2) is 0 Å². The number of hydrazone groups is 1. The highest BCUT2D eigenvalue weighted by Gasteiger charge is 2.19. The van der Waals surface area contributed by atoms with Gasteiger partial charge >= 0.3 is 5.69 Å². The highest BCUT2D eigenvalue weighted by atomic mass is 16.6. The molecule has 2 aromatic rings. The minimum Gasteiger partial charge on any atom is -0.371 e. The molecule has 1 atom stereocenters. The van der Waals surface area contributed by atoms with E-state index in [9.17, 15) is 20.2 Å². The molecule has 0 saturated carbocycles. The molecule has 2 rings (SSSR count). The SMILES string of the molecule is CO[C@@H](/C=N/Nc1ccc([N+](=O)[O-])cc1[N+](=O)[O-])c1ccccc1. The average Bonchev–Trinajstić information content (AvgIpc) is 2.59. The fourth-order valence-corrected chi connectivity index (χ4v) is 1.98. The summed E-state index contributed by atoms with van der Waals surface area (Å²) in [4.78, 5) is 20.3. The lowest BCUT2D eigenvalue weighted by Crippen LogP contribution is -2.05. The van der Waals surface area contributed by atoms with Crippen molar-refractivity contribution >= 4 is 23.3 Å². The maximum atomic E-state index is 11.0. The second kappa shape index (κ2) is 7.79. The molecule has 0 radical (unpaired) electrons. The predicted octanol–water partition coefficient (Wildman–Crippen LogP) is 3.29. The van der Waals surface area contributed by atoms with E-state index in [0.29, 0.717) is 0 Å². The summed E-state index contributed by atoms with van der Waals surface area (Å²) in [6, 6.07) is 12.6. The van der Waals surface area contributed by atoms with Crippen LogP contribution in [0.5, 0.6) is 0 Å². The van der Waals surface area contributed by atoms with Gasteiger partial charge in [0, 0.05) is 13.2 Å². The number of nitrogens with one attached hydrogen (secondary N) is 1. The number of benzene rings is 2. The second-order valence-corrected chi connectivity index (χ2v) is 4.67. The van der Waals surface area contributed by atoms with Crippen LogP contribution in [0.2, 0.25) is 0 Å². The molecule has 0 spiro atoms. The topological polar surface area (TPSA) is 120 Å². The fraction of sp³-hybridized carbons (Fsp3) is 0.133. The minimum absolute atomic E-state index is 0.0461. The van der Waals surface area contributed by atoms with E-state index < -0.39 is 21.6 Å². The number of non-ortho nitro benzene ring substituents is 1. The molecule has 1 N–H and O–H groups in total. The molecule has 0 unspecified atom stereocenters. The van der Waals surface area contributed by atoms with E-state index >= 15 is 0 Å². The van der Waals surface area contributed by atoms with Crippen molar-refractivity contribution in [3.05, 3.63) is 74.3 Å². The summed E-state index contributed by atoms with van der Waals surface area (Å²) in [5.74, 6) is 0. The van der Waals surface area contributed by atoms with Gasteiger partial charge in [-0.3, -0.25) is 25.7 Å². The molecule has 0 heterocycles. The minimum atomic E-state index is -0.712. The number of methoxy groups -OCH3 is 1. The smallest absolute Gasteiger partial charge is 0.301 e. The van der Waals surface area contributed by atoms with Gasteiger partial charge in [-0.15, -0.1) is 0 Å². The number of rotatable bonds is 7. The number of hydrogen-bond acceptors (Lipinski definition) is 7. The molecule has 0 aromatic heterocycles. The molecule has 0 aliphatic carbocycles. The zero-order chi connectivity index (χ0) is 17.5. The van der Waals surface area contributed by atoms with E-state index in [1.165, 1.54) is 19.4 Å². The van der Waals surface area contributed by atoms with Crippen molar-refractivity contribution in [2.75, 3.05) is 12.5 Å². The van der Waals surface area contributed by atoms with E-state index in [0.717, 1.165) is 17.7 Å². The Labute approximate surface area is 136 Å². The number of nitro benzene ring substituents is 2. The lowest BCUT2D eigenvalue weighted by Gasteiger charge is -2.10. The number of nitrogens with zero attached hydrogens (tertiary/aromatic N) is 3. The second-order valence-electron chi connectivity index (χ2n) is 4.67. The normalized spacial score (nSPS) is 12.0. The Balaban J connectivity index is 2.18. The van der Waals surface area contributed by atoms with E-state index in [-0.39, 0.29) is 11.4 Å². The van der Waals surface area contributed by atoms with Crippen molar-refractivity contribution < 1.29 is 14.6 Å². The third-order valence-electron chi connectivity index (χ3n) is 3.17. The molecular weight excluding hydrogens is 316 g/mol. The molecule has 0 saturated heterocycles. The fourth-order valence-electron chi connectivity index (χ4n) is 1.98. The molecule has 124 valence electrons. The lowest BCUT2D eigenvalue weighted by atomic mass is 10.1. The Morgan fingerprint density at radius 3 is 2.42 bits per heavy atom. The van der Waals surface area contributed by atoms with Crippen LogP contribution in [0.4, 0.5) is 17.1 Å². The van der Waals surface area contributed by atoms with Gasteiger partial charge in [0.1, 0.15) is 11.8 Å². The van der Waals surface area contributed by atoms with E-state index in [4.69, 9.17) is 4.74 Å². The summed E-state index contributed by atoms with van der Waals surface area (Å²) >= 11 is 0. The van der Waals surface area contributed by atoms with Gasteiger partial charge in [-0.1, -0.05) is 30.3 Å². The van der Waals surface area contributed by atoms with E-state index in [2.05, 4.69) is 10.5 Å². The van der Waals surface area contributed by atoms with Crippen molar-refractivity contribution in [2.24, 2.45) is 5.10 Å². The molecule has 24 heavy (non-hydrogen) atoms. The van der Waals surface area contributed by atoms with Crippen LogP contribution in [0.3, 0.4) is 0 Å². The van der Waals surface area contributed by atoms with Gasteiger partial charge in [-0.25, -0.2) is 0 Å². The number of hydrogen-bond donors (Lipinski definition) is 1. The van der Waals surface area contributed by atoms with Crippen LogP contribution < -0.4 is 5.43 Å². The molecule has 0 aliphatic rings. The van der Waals surface area contributed by atoms with Gasteiger partial charge in [0.25, 0.3) is 5.69 Å². The average molecular weight is 330 g/mol. The van der Waals surface area contributed by atoms with Crippen LogP contribution in [0.1, 0.15) is 11.7 Å². The first kappa shape index (κ1) is 17.0. The Morgan fingerprint density at radius 2 is 1.83 bits per heavy atom. The highest BCUT2D eigenvalue weighted by Crippen LogP contribution is 2.29. The molecule has 9 heteroatoms. The van der Waals surface area contributed by atoms with Crippen LogP contribution >= 0.6 is 0 Å². The highest BCUT2D eigenvalue weighted by molar-refractivity contribution is 5.70. The third kappa shape index (κ3) is 4.11. The predicted molar refractivity (Wildman–Crippen MR) is 88.1 cm³/mol. The Hall–Kier alpha value is -3.33. The van der Waals surface area contributed by atoms with Gasteiger partial charge in [-0.05, 0) is 11.6 Å². The summed E-state index contributed by atoms with van der Waals surface area (Å²) in [6.07, 6.45) is 1.01. The van der Waals surface area contributed by atoms with Crippen molar-refractivity contribution in [3.8, 4) is 0 Å². The monoisotopic (exact) mass is 330 g/mol. The molecule has 0 fully saturated rings. The van der Waals surface area contributed by atoms with Crippen LogP contribution in [0.25, 0.3) is 0 Å². The van der Waals surface area contributed by atoms with E-state index in [1.807, 2.05) is 30.3 Å². The van der Waals surface area contributed by atoms with Crippen LogP contribution in [-0.2, 0) is 4.74 Å². The first-order valence-electron chi connectivity index (χ1n) is 6.82. The molecule has 0 bridgehead atoms. The zero-order valence-corrected chi connectivity index (χ0v) is 12.7. The Bertz CT molecular complexity index is 764. The van der Waals surface area contributed by atoms with Crippen LogP contribution in [-0.4, -0.2) is 23.2 Å². The first-order chi connectivity index (χ1) is 11.5. The summed E-state index contributed by atoms with van der Waals surface area (Å²) in [7, 11) is 1.51. The van der Waals surface area contributed by atoms with Gasteiger partial charge < -0.3 is 4.74 Å². The molecule has 2 aromatic carbocycles. The zero-order valence-electron chi connectivity index (χ0n) is 12.7. The van der Waals surface area contributed by atoms with Crippen molar-refractivity contribution in [2.45, 2.75) is 6.10 Å². The maximum Gasteiger partial charge on any atom is 0.301 e. The largest absolute Gasteiger partial charge is 0.371 e. The van der Waals surface area contributed by atoms with E-state index in [1.54, 1.807) is 0 Å². The summed E-state index contributed by atoms with van der Waals surface area (Å²) in [5.41, 5.74) is 2.63. The number of anilines is 1. The number of nitro groups is 2. The Morgan fingerprint density at radius 1 is 1.12 bits per heavy atom. The van der Waals surface area contributed by atoms with Crippen LogP contribution in [0, 0.1) is 20.2 Å². The molecule has 9 nitrogen and oxygen atoms in total. The van der Waals surface area contributed by atoms with Crippen molar-refractivity contribution in [1.29, 1.82) is 0 Å². The van der Waals surface area contributed by atoms with Crippen molar-refractivity contribution in [3.63, 3.8) is 0 Å². The first-order valence-corrected chi connectivity index (χ1v) is 6.82. The molecular formula is C15H14N4O5. The lowest BCUT2D eigenvalue weighted by molar-refractivity contribution is -0.393. The van der Waals surface area contributed by atoms with Gasteiger partial charge in [-0.2, -0.15) is 5.10 Å². The van der Waals surface area contributed by atoms with Crippen molar-refractivity contribution in [1.82, 2.24) is 0 Å². The summed E-state index contributed by atoms with van der Waals surface area (Å²) < 4.78 is 5.29. The van der Waals surface area contributed by atoms with Gasteiger partial charge in [0.05, 0.1) is 22.1 Å². The summed E-state index contributed by atoms with van der Waals surface area (Å²) in [5, 5.41) is 25.7. The third-order valence-corrected chi connectivity index (χ3v) is 3.17. The standard InChI is InChI=1S/C15H14N4O5/c1-24-15(11-5-3-2-4-6-11)10-16-17-13-8-7-12(18(20)21)9-14(13)19(22)23/h2-10,15,17H,1H3/b16-10+/t15-/m0/s1. The summed E-state index contributed by atoms with van der Waals surface area (Å²) in [6.45, 7) is 0. The quantitative estimate of drug-likeness (QED) is 0.472. The van der Waals surface area contributed by atoms with Crippen LogP contribution in [0.15, 0.2) is 53.6 Å². The number of ether oxygens (including phenoxy) is 1. The molecule has 0 amide bonds. The molecule has 0 aliphatic heterocycles. The van der Waals surface area contributed by atoms with Gasteiger partial charge in [0.2, 0.25) is 0 Å². The maximum absolute atomic E-state index is 11.0.